The van der Waals surface area contributed by atoms with Crippen LogP contribution >= 0.6 is 0 Å². The number of anilines is 1. The number of benzene rings is 1. The molecule has 5 rings (SSSR count). The number of urea groups is 1. The van der Waals surface area contributed by atoms with Crippen LogP contribution in [-0.4, -0.2) is 76.8 Å². The number of imidazole rings is 1. The van der Waals surface area contributed by atoms with Crippen LogP contribution in [-0.2, 0) is 0 Å². The van der Waals surface area contributed by atoms with Gasteiger partial charge in [-0.05, 0) is 37.1 Å². The first-order valence-electron chi connectivity index (χ1n) is 10.5. The van der Waals surface area contributed by atoms with E-state index >= 15 is 0 Å². The van der Waals surface area contributed by atoms with Crippen molar-refractivity contribution < 1.29 is 9.53 Å². The van der Waals surface area contributed by atoms with E-state index in [9.17, 15) is 4.79 Å². The summed E-state index contributed by atoms with van der Waals surface area (Å²) in [7, 11) is 1.67. The number of carbonyl (C=O) groups excluding carboxylic acids is 1. The Morgan fingerprint density at radius 1 is 0.933 bits per heavy atom. The van der Waals surface area contributed by atoms with Gasteiger partial charge in [0.25, 0.3) is 0 Å². The van der Waals surface area contributed by atoms with Gasteiger partial charge >= 0.3 is 6.03 Å². The molecule has 2 aromatic heterocycles. The molecule has 0 aliphatic carbocycles. The van der Waals surface area contributed by atoms with Gasteiger partial charge < -0.3 is 19.4 Å². The summed E-state index contributed by atoms with van der Waals surface area (Å²) in [6.07, 6.45) is 4.07. The van der Waals surface area contributed by atoms with Crippen LogP contribution in [0.4, 0.5) is 10.6 Å². The van der Waals surface area contributed by atoms with Gasteiger partial charge in [-0.25, -0.2) is 14.3 Å². The molecule has 0 unspecified atom stereocenters. The topological polar surface area (TPSA) is 66.2 Å². The molecule has 0 atom stereocenters. The standard InChI is InChI=1S/C22H26N6O2/c1-30-19-7-3-2-6-17(19)18-16-23-20-8-9-21(24-28(18)20)25-12-14-27(15-13-25)22(29)26-10-4-5-11-26/h2-3,6-9,16H,4-5,10-15H2,1H3. The molecule has 4 heterocycles. The number of ether oxygens (including phenoxy) is 1. The van der Waals surface area contributed by atoms with Crippen LogP contribution in [0, 0.1) is 0 Å². The second-order valence-corrected chi connectivity index (χ2v) is 7.76. The fourth-order valence-electron chi connectivity index (χ4n) is 4.31. The molecule has 0 saturated carbocycles. The highest BCUT2D eigenvalue weighted by Crippen LogP contribution is 2.30. The highest BCUT2D eigenvalue weighted by molar-refractivity contribution is 5.75. The van der Waals surface area contributed by atoms with Crippen molar-refractivity contribution in [3.05, 3.63) is 42.6 Å². The van der Waals surface area contributed by atoms with Crippen LogP contribution in [0.5, 0.6) is 5.75 Å². The molecule has 8 nitrogen and oxygen atoms in total. The van der Waals surface area contributed by atoms with Gasteiger partial charge in [0.2, 0.25) is 0 Å². The van der Waals surface area contributed by atoms with Crippen molar-refractivity contribution in [3.8, 4) is 17.0 Å². The Morgan fingerprint density at radius 2 is 1.67 bits per heavy atom. The van der Waals surface area contributed by atoms with Gasteiger partial charge in [-0.15, -0.1) is 5.10 Å². The van der Waals surface area contributed by atoms with E-state index in [0.29, 0.717) is 0 Å². The summed E-state index contributed by atoms with van der Waals surface area (Å²) in [6.45, 7) is 4.78. The van der Waals surface area contributed by atoms with Crippen molar-refractivity contribution in [1.29, 1.82) is 0 Å². The Kier molecular flexibility index (Phi) is 4.90. The molecule has 2 saturated heterocycles. The molecule has 0 spiro atoms. The smallest absolute Gasteiger partial charge is 0.320 e. The average Bonchev–Trinajstić information content (AvgIpc) is 3.48. The van der Waals surface area contributed by atoms with Crippen molar-refractivity contribution in [2.75, 3.05) is 51.3 Å². The van der Waals surface area contributed by atoms with Crippen LogP contribution in [0.15, 0.2) is 42.6 Å². The lowest BCUT2D eigenvalue weighted by atomic mass is 10.1. The normalized spacial score (nSPS) is 17.0. The quantitative estimate of drug-likeness (QED) is 0.669. The number of aromatic nitrogens is 3. The number of hydrogen-bond acceptors (Lipinski definition) is 5. The first-order valence-corrected chi connectivity index (χ1v) is 10.5. The molecule has 8 heteroatoms. The predicted molar refractivity (Wildman–Crippen MR) is 115 cm³/mol. The lowest BCUT2D eigenvalue weighted by Crippen LogP contribution is -2.52. The van der Waals surface area contributed by atoms with Crippen LogP contribution < -0.4 is 9.64 Å². The molecule has 0 N–H and O–H groups in total. The summed E-state index contributed by atoms with van der Waals surface area (Å²) in [6, 6.07) is 12.1. The van der Waals surface area contributed by atoms with Crippen molar-refractivity contribution in [2.24, 2.45) is 0 Å². The third-order valence-corrected chi connectivity index (χ3v) is 5.98. The van der Waals surface area contributed by atoms with Crippen LogP contribution in [0.1, 0.15) is 12.8 Å². The zero-order valence-electron chi connectivity index (χ0n) is 17.2. The summed E-state index contributed by atoms with van der Waals surface area (Å²) >= 11 is 0. The van der Waals surface area contributed by atoms with Gasteiger partial charge in [-0.1, -0.05) is 12.1 Å². The molecular formula is C22H26N6O2. The second kappa shape index (κ2) is 7.85. The van der Waals surface area contributed by atoms with E-state index in [-0.39, 0.29) is 6.03 Å². The van der Waals surface area contributed by atoms with Crippen LogP contribution in [0.2, 0.25) is 0 Å². The van der Waals surface area contributed by atoms with Crippen LogP contribution in [0.3, 0.4) is 0 Å². The Labute approximate surface area is 175 Å². The lowest BCUT2D eigenvalue weighted by Gasteiger charge is -2.37. The molecular weight excluding hydrogens is 380 g/mol. The van der Waals surface area contributed by atoms with E-state index in [2.05, 4.69) is 9.88 Å². The molecule has 156 valence electrons. The van der Waals surface area contributed by atoms with E-state index in [1.165, 1.54) is 0 Å². The first kappa shape index (κ1) is 18.7. The zero-order valence-corrected chi connectivity index (χ0v) is 17.2. The van der Waals surface area contributed by atoms with Gasteiger partial charge in [0.1, 0.15) is 11.6 Å². The number of nitrogens with zero attached hydrogens (tertiary/aromatic N) is 6. The number of rotatable bonds is 3. The number of para-hydroxylation sites is 1. The summed E-state index contributed by atoms with van der Waals surface area (Å²) in [5.41, 5.74) is 2.65. The maximum atomic E-state index is 12.6. The van der Waals surface area contributed by atoms with E-state index < -0.39 is 0 Å². The minimum Gasteiger partial charge on any atom is -0.496 e. The number of methoxy groups -OCH3 is 1. The van der Waals surface area contributed by atoms with Gasteiger partial charge in [-0.2, -0.15) is 0 Å². The zero-order chi connectivity index (χ0) is 20.5. The molecule has 0 radical (unpaired) electrons. The molecule has 2 aliphatic heterocycles. The Morgan fingerprint density at radius 3 is 2.43 bits per heavy atom. The molecule has 0 bridgehead atoms. The summed E-state index contributed by atoms with van der Waals surface area (Å²) in [5.74, 6) is 1.69. The molecule has 30 heavy (non-hydrogen) atoms. The van der Waals surface area contributed by atoms with E-state index in [4.69, 9.17) is 9.84 Å². The Bertz CT molecular complexity index is 1050. The fourth-order valence-corrected chi connectivity index (χ4v) is 4.31. The van der Waals surface area contributed by atoms with Gasteiger partial charge in [-0.3, -0.25) is 0 Å². The molecule has 2 aliphatic rings. The highest BCUT2D eigenvalue weighted by atomic mass is 16.5. The van der Waals surface area contributed by atoms with Gasteiger partial charge in [0.05, 0.1) is 19.0 Å². The first-order chi connectivity index (χ1) is 14.7. The molecule has 1 aromatic carbocycles. The monoisotopic (exact) mass is 406 g/mol. The summed E-state index contributed by atoms with van der Waals surface area (Å²) in [5, 5.41) is 4.87. The van der Waals surface area contributed by atoms with Crippen LogP contribution in [0.25, 0.3) is 16.9 Å². The van der Waals surface area contributed by atoms with E-state index in [0.717, 1.165) is 80.6 Å². The van der Waals surface area contributed by atoms with Crippen molar-refractivity contribution in [1.82, 2.24) is 24.4 Å². The highest BCUT2D eigenvalue weighted by Gasteiger charge is 2.27. The van der Waals surface area contributed by atoms with E-state index in [1.54, 1.807) is 7.11 Å². The SMILES string of the molecule is COc1ccccc1-c1cnc2ccc(N3CCN(C(=O)N4CCCC4)CC3)nn12. The van der Waals surface area contributed by atoms with Crippen molar-refractivity contribution >= 4 is 17.5 Å². The maximum Gasteiger partial charge on any atom is 0.320 e. The number of fused-ring (bicyclic) bond motifs is 1. The number of hydrogen-bond donors (Lipinski definition) is 0. The Hall–Kier alpha value is -3.29. The summed E-state index contributed by atoms with van der Waals surface area (Å²) in [4.78, 5) is 23.3. The minimum atomic E-state index is 0.184. The van der Waals surface area contributed by atoms with Gasteiger partial charge in [0.15, 0.2) is 5.65 Å². The Balaban J connectivity index is 1.36. The number of likely N-dealkylation sites (tertiary alicyclic amines) is 1. The average molecular weight is 406 g/mol. The largest absolute Gasteiger partial charge is 0.496 e. The van der Waals surface area contributed by atoms with Crippen molar-refractivity contribution in [2.45, 2.75) is 12.8 Å². The third kappa shape index (κ3) is 3.32. The lowest BCUT2D eigenvalue weighted by molar-refractivity contribution is 0.159. The third-order valence-electron chi connectivity index (χ3n) is 5.98. The molecule has 3 aromatic rings. The van der Waals surface area contributed by atoms with E-state index in [1.807, 2.05) is 56.9 Å². The van der Waals surface area contributed by atoms with Gasteiger partial charge in [0, 0.05) is 44.8 Å². The number of carbonyl (C=O) groups is 1. The number of piperazine rings is 1. The maximum absolute atomic E-state index is 12.6. The second-order valence-electron chi connectivity index (χ2n) is 7.76. The minimum absolute atomic E-state index is 0.184. The predicted octanol–water partition coefficient (Wildman–Crippen LogP) is 2.74. The number of amides is 2. The molecule has 2 fully saturated rings. The van der Waals surface area contributed by atoms with Crippen molar-refractivity contribution in [3.63, 3.8) is 0 Å². The molecule has 2 amide bonds. The fraction of sp³-hybridized carbons (Fsp3) is 0.409. The summed E-state index contributed by atoms with van der Waals surface area (Å²) < 4.78 is 7.39.